The normalized spacial score (nSPS) is 12.0. The fourth-order valence-electron chi connectivity index (χ4n) is 2.96. The summed E-state index contributed by atoms with van der Waals surface area (Å²) in [6.45, 7) is 2.06. The average molecular weight is 342 g/mol. The SMILES string of the molecule is C[C@@H](Cc1cnccn1)Nc1nncc(-c2cccc3ccccc23)n1. The van der Waals surface area contributed by atoms with Gasteiger partial charge in [0.15, 0.2) is 0 Å². The van der Waals surface area contributed by atoms with Crippen LogP contribution in [0.1, 0.15) is 12.6 Å². The Hall–Kier alpha value is -3.41. The van der Waals surface area contributed by atoms with E-state index in [2.05, 4.69) is 61.7 Å². The highest BCUT2D eigenvalue weighted by molar-refractivity contribution is 5.95. The molecule has 128 valence electrons. The molecule has 0 aliphatic rings. The highest BCUT2D eigenvalue weighted by Crippen LogP contribution is 2.27. The van der Waals surface area contributed by atoms with E-state index < -0.39 is 0 Å². The van der Waals surface area contributed by atoms with Crippen LogP contribution in [0.25, 0.3) is 22.0 Å². The van der Waals surface area contributed by atoms with Crippen LogP contribution in [0.2, 0.25) is 0 Å². The topological polar surface area (TPSA) is 76.5 Å². The Labute approximate surface area is 151 Å². The Morgan fingerprint density at radius 2 is 1.88 bits per heavy atom. The van der Waals surface area contributed by atoms with Gasteiger partial charge in [0, 0.05) is 36.6 Å². The third-order valence-corrected chi connectivity index (χ3v) is 4.13. The van der Waals surface area contributed by atoms with Crippen LogP contribution in [-0.2, 0) is 6.42 Å². The third kappa shape index (κ3) is 3.49. The van der Waals surface area contributed by atoms with Crippen LogP contribution >= 0.6 is 0 Å². The monoisotopic (exact) mass is 342 g/mol. The van der Waals surface area contributed by atoms with Gasteiger partial charge in [-0.2, -0.15) is 5.10 Å². The van der Waals surface area contributed by atoms with Crippen molar-refractivity contribution in [2.75, 3.05) is 5.32 Å². The fraction of sp³-hybridized carbons (Fsp3) is 0.150. The third-order valence-electron chi connectivity index (χ3n) is 4.13. The summed E-state index contributed by atoms with van der Waals surface area (Å²) >= 11 is 0. The van der Waals surface area contributed by atoms with Gasteiger partial charge in [-0.05, 0) is 17.7 Å². The maximum absolute atomic E-state index is 4.65. The summed E-state index contributed by atoms with van der Waals surface area (Å²) in [5, 5.41) is 13.9. The van der Waals surface area contributed by atoms with Gasteiger partial charge in [-0.15, -0.1) is 5.10 Å². The molecule has 0 saturated carbocycles. The Bertz CT molecular complexity index is 1010. The van der Waals surface area contributed by atoms with Gasteiger partial charge in [0.1, 0.15) is 0 Å². The molecule has 4 rings (SSSR count). The van der Waals surface area contributed by atoms with Crippen molar-refractivity contribution in [2.24, 2.45) is 0 Å². The lowest BCUT2D eigenvalue weighted by atomic mass is 10.0. The first-order valence-electron chi connectivity index (χ1n) is 8.49. The van der Waals surface area contributed by atoms with Gasteiger partial charge in [-0.3, -0.25) is 9.97 Å². The summed E-state index contributed by atoms with van der Waals surface area (Å²) in [6, 6.07) is 14.5. The molecule has 6 nitrogen and oxygen atoms in total. The summed E-state index contributed by atoms with van der Waals surface area (Å²) in [7, 11) is 0. The first kappa shape index (κ1) is 16.1. The van der Waals surface area contributed by atoms with E-state index in [4.69, 9.17) is 0 Å². The fourth-order valence-corrected chi connectivity index (χ4v) is 2.96. The maximum atomic E-state index is 4.65. The maximum Gasteiger partial charge on any atom is 0.243 e. The van der Waals surface area contributed by atoms with Crippen LogP contribution in [0, 0.1) is 0 Å². The van der Waals surface area contributed by atoms with E-state index in [9.17, 15) is 0 Å². The zero-order valence-corrected chi connectivity index (χ0v) is 14.4. The van der Waals surface area contributed by atoms with E-state index in [1.54, 1.807) is 24.8 Å². The second-order valence-electron chi connectivity index (χ2n) is 6.14. The number of hydrogen-bond acceptors (Lipinski definition) is 6. The molecule has 0 spiro atoms. The van der Waals surface area contributed by atoms with E-state index in [0.29, 0.717) is 5.95 Å². The first-order valence-corrected chi connectivity index (χ1v) is 8.49. The predicted molar refractivity (Wildman–Crippen MR) is 102 cm³/mol. The molecule has 0 radical (unpaired) electrons. The quantitative estimate of drug-likeness (QED) is 0.598. The number of nitrogens with one attached hydrogen (secondary N) is 1. The largest absolute Gasteiger partial charge is 0.350 e. The lowest BCUT2D eigenvalue weighted by molar-refractivity contribution is 0.748. The van der Waals surface area contributed by atoms with E-state index in [-0.39, 0.29) is 6.04 Å². The minimum Gasteiger partial charge on any atom is -0.350 e. The van der Waals surface area contributed by atoms with Gasteiger partial charge >= 0.3 is 0 Å². The molecule has 26 heavy (non-hydrogen) atoms. The summed E-state index contributed by atoms with van der Waals surface area (Å²) < 4.78 is 0. The number of hydrogen-bond donors (Lipinski definition) is 1. The number of benzene rings is 2. The van der Waals surface area contributed by atoms with Crippen LogP contribution in [-0.4, -0.2) is 31.2 Å². The van der Waals surface area contributed by atoms with Crippen molar-refractivity contribution in [3.8, 4) is 11.3 Å². The minimum absolute atomic E-state index is 0.108. The lowest BCUT2D eigenvalue weighted by Crippen LogP contribution is -2.20. The molecule has 0 aliphatic carbocycles. The Kier molecular flexibility index (Phi) is 4.47. The van der Waals surface area contributed by atoms with Crippen molar-refractivity contribution in [3.05, 3.63) is 72.9 Å². The average Bonchev–Trinajstić information content (AvgIpc) is 2.68. The van der Waals surface area contributed by atoms with Crippen LogP contribution in [0.5, 0.6) is 0 Å². The zero-order chi connectivity index (χ0) is 17.8. The number of anilines is 1. The lowest BCUT2D eigenvalue weighted by Gasteiger charge is -2.13. The molecule has 4 aromatic rings. The van der Waals surface area contributed by atoms with Crippen LogP contribution < -0.4 is 5.32 Å². The van der Waals surface area contributed by atoms with Crippen molar-refractivity contribution in [2.45, 2.75) is 19.4 Å². The highest BCUT2D eigenvalue weighted by Gasteiger charge is 2.10. The smallest absolute Gasteiger partial charge is 0.243 e. The van der Waals surface area contributed by atoms with Crippen molar-refractivity contribution in [1.29, 1.82) is 0 Å². The molecule has 0 unspecified atom stereocenters. The highest BCUT2D eigenvalue weighted by atomic mass is 15.2. The molecule has 0 fully saturated rings. The van der Waals surface area contributed by atoms with E-state index in [1.807, 2.05) is 18.2 Å². The molecule has 1 N–H and O–H groups in total. The van der Waals surface area contributed by atoms with Crippen molar-refractivity contribution in [3.63, 3.8) is 0 Å². The molecule has 0 saturated heterocycles. The molecule has 0 bridgehead atoms. The minimum atomic E-state index is 0.108. The first-order chi connectivity index (χ1) is 12.8. The standard InChI is InChI=1S/C20H18N6/c1-14(11-16-12-21-9-10-22-16)24-20-25-19(13-23-26-20)18-8-4-6-15-5-2-3-7-17(15)18/h2-10,12-14H,11H2,1H3,(H,24,25,26)/t14-/m0/s1. The number of nitrogens with zero attached hydrogens (tertiary/aromatic N) is 5. The summed E-state index contributed by atoms with van der Waals surface area (Å²) in [6.07, 6.45) is 7.56. The number of rotatable bonds is 5. The van der Waals surface area contributed by atoms with E-state index in [1.165, 1.54) is 5.39 Å². The van der Waals surface area contributed by atoms with E-state index in [0.717, 1.165) is 28.8 Å². The molecule has 2 aromatic carbocycles. The predicted octanol–water partition coefficient (Wildman–Crippen LogP) is 3.52. The van der Waals surface area contributed by atoms with Crippen molar-refractivity contribution < 1.29 is 0 Å². The Morgan fingerprint density at radius 1 is 1.00 bits per heavy atom. The van der Waals surface area contributed by atoms with Gasteiger partial charge < -0.3 is 5.32 Å². The second-order valence-corrected chi connectivity index (χ2v) is 6.14. The zero-order valence-electron chi connectivity index (χ0n) is 14.4. The van der Waals surface area contributed by atoms with E-state index >= 15 is 0 Å². The second kappa shape index (κ2) is 7.23. The van der Waals surface area contributed by atoms with Gasteiger partial charge in [0.05, 0.1) is 17.6 Å². The molecular formula is C20H18N6. The molecule has 2 aromatic heterocycles. The number of fused-ring (bicyclic) bond motifs is 1. The van der Waals surface area contributed by atoms with Gasteiger partial charge in [0.25, 0.3) is 0 Å². The summed E-state index contributed by atoms with van der Waals surface area (Å²) in [5.74, 6) is 0.506. The molecule has 1 atom stereocenters. The molecule has 6 heteroatoms. The summed E-state index contributed by atoms with van der Waals surface area (Å²) in [4.78, 5) is 13.0. The Morgan fingerprint density at radius 3 is 2.77 bits per heavy atom. The van der Waals surface area contributed by atoms with Crippen molar-refractivity contribution in [1.82, 2.24) is 25.1 Å². The van der Waals surface area contributed by atoms with Crippen molar-refractivity contribution >= 4 is 16.7 Å². The number of aromatic nitrogens is 5. The van der Waals surface area contributed by atoms with Gasteiger partial charge in [0.2, 0.25) is 5.95 Å². The Balaban J connectivity index is 1.58. The van der Waals surface area contributed by atoms with Crippen LogP contribution in [0.3, 0.4) is 0 Å². The summed E-state index contributed by atoms with van der Waals surface area (Å²) in [5.41, 5.74) is 2.76. The molecule has 0 amide bonds. The molecule has 2 heterocycles. The van der Waals surface area contributed by atoms with Crippen LogP contribution in [0.4, 0.5) is 5.95 Å². The van der Waals surface area contributed by atoms with Crippen LogP contribution in [0.15, 0.2) is 67.3 Å². The molecular weight excluding hydrogens is 324 g/mol. The molecule has 0 aliphatic heterocycles. The van der Waals surface area contributed by atoms with Gasteiger partial charge in [-0.25, -0.2) is 4.98 Å². The van der Waals surface area contributed by atoms with Gasteiger partial charge in [-0.1, -0.05) is 42.5 Å².